The molecule has 1 N–H and O–H groups in total. The third kappa shape index (κ3) is 2.19. The first-order valence-corrected chi connectivity index (χ1v) is 6.60. The molecular formula is C15H22O3. The Kier molecular flexibility index (Phi) is 3.81. The third-order valence-electron chi connectivity index (χ3n) is 4.13. The van der Waals surface area contributed by atoms with Crippen molar-refractivity contribution in [3.8, 4) is 11.5 Å². The van der Waals surface area contributed by atoms with Gasteiger partial charge in [0, 0.05) is 6.07 Å². The fourth-order valence-electron chi connectivity index (χ4n) is 3.04. The maximum absolute atomic E-state index is 11.0. The van der Waals surface area contributed by atoms with Gasteiger partial charge < -0.3 is 14.6 Å². The summed E-state index contributed by atoms with van der Waals surface area (Å²) in [5.41, 5.74) is 0.194. The number of aliphatic hydroxyl groups is 1. The van der Waals surface area contributed by atoms with E-state index in [1.807, 2.05) is 18.2 Å². The van der Waals surface area contributed by atoms with Crippen LogP contribution in [0.2, 0.25) is 0 Å². The molecule has 0 amide bonds. The molecule has 1 fully saturated rings. The average Bonchev–Trinajstić information content (AvgIpc) is 2.80. The third-order valence-corrected chi connectivity index (χ3v) is 4.13. The van der Waals surface area contributed by atoms with Gasteiger partial charge in [0.2, 0.25) is 0 Å². The normalized spacial score (nSPS) is 27.2. The van der Waals surface area contributed by atoms with Gasteiger partial charge >= 0.3 is 0 Å². The van der Waals surface area contributed by atoms with Gasteiger partial charge in [-0.3, -0.25) is 0 Å². The Morgan fingerprint density at radius 2 is 1.83 bits per heavy atom. The van der Waals surface area contributed by atoms with Gasteiger partial charge in [-0.15, -0.1) is 0 Å². The number of ether oxygens (including phenoxy) is 2. The van der Waals surface area contributed by atoms with E-state index in [9.17, 15) is 5.11 Å². The largest absolute Gasteiger partial charge is 0.497 e. The zero-order chi connectivity index (χ0) is 13.2. The minimum atomic E-state index is -0.726. The molecule has 2 unspecified atom stereocenters. The molecule has 0 radical (unpaired) electrons. The maximum atomic E-state index is 11.0. The summed E-state index contributed by atoms with van der Waals surface area (Å²) in [7, 11) is 3.27. The highest BCUT2D eigenvalue weighted by molar-refractivity contribution is 5.41. The molecule has 1 aromatic carbocycles. The van der Waals surface area contributed by atoms with Crippen LogP contribution in [0.25, 0.3) is 0 Å². The van der Waals surface area contributed by atoms with Crippen molar-refractivity contribution in [1.82, 2.24) is 0 Å². The molecular weight excluding hydrogens is 228 g/mol. The summed E-state index contributed by atoms with van der Waals surface area (Å²) in [5.74, 6) is 1.80. The van der Waals surface area contributed by atoms with E-state index in [-0.39, 0.29) is 0 Å². The predicted octanol–water partition coefficient (Wildman–Crippen LogP) is 3.10. The minimum absolute atomic E-state index is 0.328. The zero-order valence-corrected chi connectivity index (χ0v) is 11.4. The Hall–Kier alpha value is -1.22. The Balaban J connectivity index is 2.42. The number of benzene rings is 1. The standard InChI is InChI=1S/C15H22O3/c1-4-11-6-5-7-15(11,16)12-8-13(17-2)10-14(9-12)18-3/h8-11,16H,4-7H2,1-3H3. The van der Waals surface area contributed by atoms with E-state index >= 15 is 0 Å². The fraction of sp³-hybridized carbons (Fsp3) is 0.600. The van der Waals surface area contributed by atoms with Gasteiger partial charge in [-0.2, -0.15) is 0 Å². The molecule has 0 aromatic heterocycles. The van der Waals surface area contributed by atoms with Crippen LogP contribution in [0.3, 0.4) is 0 Å². The number of methoxy groups -OCH3 is 2. The highest BCUT2D eigenvalue weighted by Gasteiger charge is 2.41. The topological polar surface area (TPSA) is 38.7 Å². The van der Waals surface area contributed by atoms with Crippen molar-refractivity contribution in [2.45, 2.75) is 38.2 Å². The summed E-state index contributed by atoms with van der Waals surface area (Å²) in [6, 6.07) is 5.69. The van der Waals surface area contributed by atoms with E-state index in [1.54, 1.807) is 14.2 Å². The van der Waals surface area contributed by atoms with Crippen molar-refractivity contribution < 1.29 is 14.6 Å². The highest BCUT2D eigenvalue weighted by Crippen LogP contribution is 2.46. The lowest BCUT2D eigenvalue weighted by Crippen LogP contribution is -2.29. The Morgan fingerprint density at radius 3 is 2.33 bits per heavy atom. The maximum Gasteiger partial charge on any atom is 0.122 e. The molecule has 2 rings (SSSR count). The van der Waals surface area contributed by atoms with Crippen molar-refractivity contribution in [1.29, 1.82) is 0 Å². The second kappa shape index (κ2) is 5.19. The van der Waals surface area contributed by atoms with Gasteiger partial charge in [-0.05, 0) is 42.9 Å². The fourth-order valence-corrected chi connectivity index (χ4v) is 3.04. The summed E-state index contributed by atoms with van der Waals surface area (Å²) in [6.45, 7) is 2.14. The average molecular weight is 250 g/mol. The highest BCUT2D eigenvalue weighted by atomic mass is 16.5. The lowest BCUT2D eigenvalue weighted by molar-refractivity contribution is -0.00420. The molecule has 100 valence electrons. The van der Waals surface area contributed by atoms with Crippen molar-refractivity contribution in [2.24, 2.45) is 5.92 Å². The predicted molar refractivity (Wildman–Crippen MR) is 71.1 cm³/mol. The van der Waals surface area contributed by atoms with Gasteiger partial charge in [0.25, 0.3) is 0 Å². The molecule has 3 heteroatoms. The smallest absolute Gasteiger partial charge is 0.122 e. The number of rotatable bonds is 4. The zero-order valence-electron chi connectivity index (χ0n) is 11.4. The van der Waals surface area contributed by atoms with Crippen LogP contribution in [0.1, 0.15) is 38.2 Å². The second-order valence-electron chi connectivity index (χ2n) is 5.02. The van der Waals surface area contributed by atoms with Crippen molar-refractivity contribution in [3.05, 3.63) is 23.8 Å². The Morgan fingerprint density at radius 1 is 1.22 bits per heavy atom. The van der Waals surface area contributed by atoms with Gasteiger partial charge in [0.05, 0.1) is 19.8 Å². The van der Waals surface area contributed by atoms with Crippen molar-refractivity contribution >= 4 is 0 Å². The lowest BCUT2D eigenvalue weighted by Gasteiger charge is -2.30. The summed E-state index contributed by atoms with van der Waals surface area (Å²) < 4.78 is 10.6. The molecule has 18 heavy (non-hydrogen) atoms. The molecule has 0 spiro atoms. The first-order valence-electron chi connectivity index (χ1n) is 6.60. The number of hydrogen-bond acceptors (Lipinski definition) is 3. The molecule has 1 saturated carbocycles. The van der Waals surface area contributed by atoms with Crippen LogP contribution < -0.4 is 9.47 Å². The molecule has 1 aromatic rings. The first kappa shape index (κ1) is 13.2. The van der Waals surface area contributed by atoms with E-state index in [1.165, 1.54) is 0 Å². The Labute approximate surface area is 109 Å². The SMILES string of the molecule is CCC1CCCC1(O)c1cc(OC)cc(OC)c1. The van der Waals surface area contributed by atoms with Gasteiger partial charge in [-0.1, -0.05) is 13.3 Å². The van der Waals surface area contributed by atoms with Gasteiger partial charge in [-0.25, -0.2) is 0 Å². The monoisotopic (exact) mass is 250 g/mol. The molecule has 0 saturated heterocycles. The van der Waals surface area contributed by atoms with E-state index < -0.39 is 5.60 Å². The van der Waals surface area contributed by atoms with Crippen molar-refractivity contribution in [3.63, 3.8) is 0 Å². The van der Waals surface area contributed by atoms with Crippen LogP contribution in [-0.2, 0) is 5.60 Å². The van der Waals surface area contributed by atoms with Gasteiger partial charge in [0.1, 0.15) is 11.5 Å². The minimum Gasteiger partial charge on any atom is -0.497 e. The van der Waals surface area contributed by atoms with Crippen LogP contribution in [0.15, 0.2) is 18.2 Å². The van der Waals surface area contributed by atoms with E-state index in [0.717, 1.165) is 42.7 Å². The number of hydrogen-bond donors (Lipinski definition) is 1. The molecule has 1 aliphatic rings. The summed E-state index contributed by atoms with van der Waals surface area (Å²) in [6.07, 6.45) is 3.99. The van der Waals surface area contributed by atoms with Crippen LogP contribution in [0.4, 0.5) is 0 Å². The molecule has 0 heterocycles. The van der Waals surface area contributed by atoms with Crippen molar-refractivity contribution in [2.75, 3.05) is 14.2 Å². The molecule has 0 aliphatic heterocycles. The summed E-state index contributed by atoms with van der Waals surface area (Å²) in [5, 5.41) is 11.0. The van der Waals surface area contributed by atoms with Crippen LogP contribution in [0, 0.1) is 5.92 Å². The quantitative estimate of drug-likeness (QED) is 0.892. The van der Waals surface area contributed by atoms with Crippen LogP contribution >= 0.6 is 0 Å². The first-order chi connectivity index (χ1) is 8.63. The van der Waals surface area contributed by atoms with E-state index in [4.69, 9.17) is 9.47 Å². The molecule has 2 atom stereocenters. The summed E-state index contributed by atoms with van der Waals surface area (Å²) in [4.78, 5) is 0. The molecule has 0 bridgehead atoms. The molecule has 1 aliphatic carbocycles. The van der Waals surface area contributed by atoms with Gasteiger partial charge in [0.15, 0.2) is 0 Å². The van der Waals surface area contributed by atoms with Crippen LogP contribution in [0.5, 0.6) is 11.5 Å². The molecule has 3 nitrogen and oxygen atoms in total. The Bertz CT molecular complexity index is 394. The van der Waals surface area contributed by atoms with Crippen LogP contribution in [-0.4, -0.2) is 19.3 Å². The van der Waals surface area contributed by atoms with E-state index in [2.05, 4.69) is 6.92 Å². The second-order valence-corrected chi connectivity index (χ2v) is 5.02. The lowest BCUT2D eigenvalue weighted by atomic mass is 9.82. The van der Waals surface area contributed by atoms with E-state index in [0.29, 0.717) is 5.92 Å². The summed E-state index contributed by atoms with van der Waals surface area (Å²) >= 11 is 0.